The van der Waals surface area contributed by atoms with Crippen LogP contribution in [0.25, 0.3) is 10.8 Å². The van der Waals surface area contributed by atoms with Crippen LogP contribution in [0.4, 0.5) is 11.5 Å². The molecule has 2 aromatic carbocycles. The first kappa shape index (κ1) is 29.0. The number of hydrogen-bond acceptors (Lipinski definition) is 8. The smallest absolute Gasteiger partial charge is 0.318 e. The fourth-order valence-corrected chi connectivity index (χ4v) is 9.54. The lowest BCUT2D eigenvalue weighted by atomic mass is 9.95. The molecule has 0 bridgehead atoms. The van der Waals surface area contributed by atoms with E-state index in [0.29, 0.717) is 25.7 Å². The highest BCUT2D eigenvalue weighted by molar-refractivity contribution is 7.70. The Morgan fingerprint density at radius 1 is 0.933 bits per heavy atom. The highest BCUT2D eigenvalue weighted by Crippen LogP contribution is 2.41. The van der Waals surface area contributed by atoms with Gasteiger partial charge in [0.15, 0.2) is 0 Å². The van der Waals surface area contributed by atoms with Gasteiger partial charge in [0.05, 0.1) is 48.1 Å². The van der Waals surface area contributed by atoms with Gasteiger partial charge in [-0.1, -0.05) is 37.3 Å². The van der Waals surface area contributed by atoms with Crippen LogP contribution in [-0.2, 0) is 37.0 Å². The molecule has 0 spiro atoms. The molecule has 4 aliphatic heterocycles. The summed E-state index contributed by atoms with van der Waals surface area (Å²) in [6.07, 6.45) is 8.51. The Balaban J connectivity index is 1.17. The maximum Gasteiger partial charge on any atom is 0.318 e. The monoisotopic (exact) mass is 625 g/mol. The molecule has 6 heterocycles. The van der Waals surface area contributed by atoms with E-state index in [4.69, 9.17) is 14.7 Å². The van der Waals surface area contributed by atoms with E-state index in [9.17, 15) is 4.57 Å². The molecule has 8 rings (SSSR count). The molecule has 0 atom stereocenters. The maximum absolute atomic E-state index is 13.2. The standard InChI is InChI=1S/C35H44N7O2P/c1-4-25-9-5-10-26-11-6-12-29(32(25)26)39-18-13-27-28(22-39)37-34(44-24-35-14-7-16-41(35)17-8-15-35)38-33(27)40-19-20-42-30(23-40)31(21-36-42)45(2,3)43/h5-6,9-12,21H,4,7-8,13-20,22-24H2,1-3H3. The number of fused-ring (bicyclic) bond motifs is 4. The van der Waals surface area contributed by atoms with Crippen LogP contribution in [0.3, 0.4) is 0 Å². The van der Waals surface area contributed by atoms with Gasteiger partial charge in [0, 0.05) is 29.7 Å². The Kier molecular flexibility index (Phi) is 7.18. The van der Waals surface area contributed by atoms with Crippen molar-refractivity contribution in [3.05, 3.63) is 65.1 Å². The molecule has 4 aromatic rings. The molecule has 45 heavy (non-hydrogen) atoms. The first-order chi connectivity index (χ1) is 21.8. The molecule has 0 N–H and O–H groups in total. The van der Waals surface area contributed by atoms with E-state index in [1.54, 1.807) is 0 Å². The lowest BCUT2D eigenvalue weighted by molar-refractivity contribution is 0.107. The van der Waals surface area contributed by atoms with E-state index >= 15 is 0 Å². The number of aryl methyl sites for hydroxylation is 1. The number of anilines is 2. The average molecular weight is 626 g/mol. The summed E-state index contributed by atoms with van der Waals surface area (Å²) in [7, 11) is -2.46. The molecule has 10 heteroatoms. The number of hydrogen-bond donors (Lipinski definition) is 0. The molecule has 0 radical (unpaired) electrons. The Labute approximate surface area is 266 Å². The van der Waals surface area contributed by atoms with Crippen molar-refractivity contribution < 1.29 is 9.30 Å². The van der Waals surface area contributed by atoms with Gasteiger partial charge in [0.2, 0.25) is 0 Å². The minimum atomic E-state index is -2.46. The summed E-state index contributed by atoms with van der Waals surface area (Å²) in [5.74, 6) is 0.967. The highest BCUT2D eigenvalue weighted by atomic mass is 31.2. The zero-order chi connectivity index (χ0) is 30.8. The summed E-state index contributed by atoms with van der Waals surface area (Å²) in [5, 5.41) is 8.10. The summed E-state index contributed by atoms with van der Waals surface area (Å²) in [4.78, 5) is 17.8. The van der Waals surface area contributed by atoms with Gasteiger partial charge in [0.1, 0.15) is 19.6 Å². The Morgan fingerprint density at radius 2 is 1.73 bits per heavy atom. The van der Waals surface area contributed by atoms with Crippen molar-refractivity contribution >= 4 is 34.7 Å². The quantitative estimate of drug-likeness (QED) is 0.259. The third-order valence-corrected chi connectivity index (χ3v) is 12.3. The van der Waals surface area contributed by atoms with E-state index < -0.39 is 7.14 Å². The van der Waals surface area contributed by atoms with Crippen molar-refractivity contribution in [2.75, 3.05) is 55.9 Å². The zero-order valence-electron chi connectivity index (χ0n) is 26.8. The number of rotatable bonds is 7. The average Bonchev–Trinajstić information content (AvgIpc) is 3.76. The van der Waals surface area contributed by atoms with E-state index in [1.807, 2.05) is 24.2 Å². The fraction of sp³-hybridized carbons (Fsp3) is 0.514. The van der Waals surface area contributed by atoms with Gasteiger partial charge in [-0.2, -0.15) is 15.1 Å². The van der Waals surface area contributed by atoms with Gasteiger partial charge in [-0.25, -0.2) is 0 Å². The molecule has 2 aromatic heterocycles. The van der Waals surface area contributed by atoms with Gasteiger partial charge in [0.25, 0.3) is 0 Å². The third kappa shape index (κ3) is 5.03. The topological polar surface area (TPSA) is 79.6 Å². The van der Waals surface area contributed by atoms with Gasteiger partial charge in [-0.05, 0) is 82.0 Å². The summed E-state index contributed by atoms with van der Waals surface area (Å²) >= 11 is 0. The second-order valence-electron chi connectivity index (χ2n) is 13.8. The minimum absolute atomic E-state index is 0.126. The van der Waals surface area contributed by atoms with Crippen molar-refractivity contribution in [2.24, 2.45) is 0 Å². The van der Waals surface area contributed by atoms with Crippen molar-refractivity contribution in [3.8, 4) is 6.01 Å². The minimum Gasteiger partial charge on any atom is -0.461 e. The van der Waals surface area contributed by atoms with Crippen molar-refractivity contribution in [1.29, 1.82) is 0 Å². The van der Waals surface area contributed by atoms with Crippen LogP contribution in [0.5, 0.6) is 6.01 Å². The molecule has 0 saturated carbocycles. The molecule has 2 fully saturated rings. The van der Waals surface area contributed by atoms with Gasteiger partial charge < -0.3 is 19.1 Å². The molecule has 9 nitrogen and oxygen atoms in total. The predicted octanol–water partition coefficient (Wildman–Crippen LogP) is 5.23. The highest BCUT2D eigenvalue weighted by Gasteiger charge is 2.45. The second-order valence-corrected chi connectivity index (χ2v) is 16.9. The van der Waals surface area contributed by atoms with Crippen molar-refractivity contribution in [2.45, 2.75) is 70.6 Å². The van der Waals surface area contributed by atoms with Crippen LogP contribution in [0.2, 0.25) is 0 Å². The predicted molar refractivity (Wildman–Crippen MR) is 181 cm³/mol. The molecule has 0 amide bonds. The van der Waals surface area contributed by atoms with Gasteiger partial charge >= 0.3 is 6.01 Å². The van der Waals surface area contributed by atoms with Crippen molar-refractivity contribution in [3.63, 3.8) is 0 Å². The van der Waals surface area contributed by atoms with Crippen LogP contribution in [-0.4, -0.2) is 76.3 Å². The summed E-state index contributed by atoms with van der Waals surface area (Å²) in [6, 6.07) is 13.8. The molecule has 0 aliphatic carbocycles. The lowest BCUT2D eigenvalue weighted by Gasteiger charge is -2.36. The lowest BCUT2D eigenvalue weighted by Crippen LogP contribution is -2.44. The molecular weight excluding hydrogens is 581 g/mol. The van der Waals surface area contributed by atoms with E-state index in [-0.39, 0.29) is 5.54 Å². The zero-order valence-corrected chi connectivity index (χ0v) is 27.7. The number of ether oxygens (including phenoxy) is 1. The largest absolute Gasteiger partial charge is 0.461 e. The first-order valence-corrected chi connectivity index (χ1v) is 19.3. The van der Waals surface area contributed by atoms with Gasteiger partial charge in [-0.15, -0.1) is 0 Å². The third-order valence-electron chi connectivity index (χ3n) is 10.7. The van der Waals surface area contributed by atoms with Crippen LogP contribution in [0, 0.1) is 0 Å². The van der Waals surface area contributed by atoms with E-state index in [1.165, 1.54) is 66.4 Å². The second kappa shape index (κ2) is 11.1. The summed E-state index contributed by atoms with van der Waals surface area (Å²) < 4.78 is 21.8. The fourth-order valence-electron chi connectivity index (χ4n) is 8.40. The Morgan fingerprint density at radius 3 is 2.51 bits per heavy atom. The molecule has 4 aliphatic rings. The number of nitrogens with zero attached hydrogens (tertiary/aromatic N) is 7. The SMILES string of the molecule is CCc1cccc2cccc(N3CCc4c(nc(OCC56CCCN5CCC6)nc4N4CCn5ncc(P(C)(C)=O)c5C4)C3)c12. The van der Waals surface area contributed by atoms with Crippen LogP contribution >= 0.6 is 7.14 Å². The normalized spacial score (nSPS) is 19.5. The molecular formula is C35H44N7O2P. The molecule has 0 unspecified atom stereocenters. The Bertz CT molecular complexity index is 1800. The Hall–Kier alpha value is -3.42. The van der Waals surface area contributed by atoms with Crippen LogP contribution in [0.1, 0.15) is 55.1 Å². The van der Waals surface area contributed by atoms with E-state index in [2.05, 4.69) is 63.1 Å². The van der Waals surface area contributed by atoms with Crippen LogP contribution in [0.15, 0.2) is 42.6 Å². The van der Waals surface area contributed by atoms with Crippen molar-refractivity contribution in [1.82, 2.24) is 24.6 Å². The first-order valence-electron chi connectivity index (χ1n) is 16.7. The van der Waals surface area contributed by atoms with Gasteiger partial charge in [-0.3, -0.25) is 9.58 Å². The number of aromatic nitrogens is 4. The van der Waals surface area contributed by atoms with Crippen LogP contribution < -0.4 is 19.8 Å². The molecule has 236 valence electrons. The summed E-state index contributed by atoms with van der Waals surface area (Å²) in [6.45, 7) is 12.7. The summed E-state index contributed by atoms with van der Waals surface area (Å²) in [5.41, 5.74) is 6.08. The maximum atomic E-state index is 13.2. The van der Waals surface area contributed by atoms with E-state index in [0.717, 1.165) is 55.0 Å². The molecule has 2 saturated heterocycles. The number of benzene rings is 2.